The minimum atomic E-state index is -0.134. The van der Waals surface area contributed by atoms with Crippen LogP contribution in [-0.2, 0) is 0 Å². The van der Waals surface area contributed by atoms with Gasteiger partial charge in [0, 0.05) is 19.6 Å². The molecule has 1 fully saturated rings. The molecule has 1 saturated heterocycles. The monoisotopic (exact) mass is 268 g/mol. The van der Waals surface area contributed by atoms with E-state index >= 15 is 0 Å². The van der Waals surface area contributed by atoms with Crippen molar-refractivity contribution in [2.24, 2.45) is 0 Å². The Bertz CT molecular complexity index is 440. The minimum Gasteiger partial charge on any atom is -0.339 e. The van der Waals surface area contributed by atoms with E-state index in [9.17, 15) is 4.79 Å². The van der Waals surface area contributed by atoms with Gasteiger partial charge in [-0.15, -0.1) is 0 Å². The Balaban J connectivity index is 2.00. The highest BCUT2D eigenvalue weighted by atomic mass is 35.5. The van der Waals surface area contributed by atoms with Crippen LogP contribution in [0.4, 0.5) is 0 Å². The van der Waals surface area contributed by atoms with E-state index in [1.165, 1.54) is 18.8 Å². The highest BCUT2D eigenvalue weighted by Crippen LogP contribution is 2.16. The van der Waals surface area contributed by atoms with Gasteiger partial charge in [0.1, 0.15) is 10.8 Å². The molecule has 1 amide bonds. The molecule has 2 heterocycles. The number of amides is 1. The molecular formula is C12H17ClN4O. The standard InChI is InChI=1S/C12H17ClN4O/c1-16-5-3-4-9(16)8-17(2)12(18)10-6-14-7-11(13)15-10/h6-7,9H,3-5,8H2,1-2H3. The minimum absolute atomic E-state index is 0.134. The predicted octanol–water partition coefficient (Wildman–Crippen LogP) is 1.30. The van der Waals surface area contributed by atoms with Crippen molar-refractivity contribution in [3.8, 4) is 0 Å². The maximum atomic E-state index is 12.1. The first-order valence-corrected chi connectivity index (χ1v) is 6.39. The summed E-state index contributed by atoms with van der Waals surface area (Å²) in [4.78, 5) is 24.0. The lowest BCUT2D eigenvalue weighted by Gasteiger charge is -2.25. The van der Waals surface area contributed by atoms with Gasteiger partial charge in [-0.2, -0.15) is 0 Å². The first-order chi connectivity index (χ1) is 8.58. The van der Waals surface area contributed by atoms with Gasteiger partial charge in [0.25, 0.3) is 5.91 Å². The molecule has 1 aliphatic rings. The first-order valence-electron chi connectivity index (χ1n) is 6.01. The van der Waals surface area contributed by atoms with Gasteiger partial charge in [-0.1, -0.05) is 11.6 Å². The second kappa shape index (κ2) is 5.63. The van der Waals surface area contributed by atoms with E-state index in [1.54, 1.807) is 11.9 Å². The molecular weight excluding hydrogens is 252 g/mol. The van der Waals surface area contributed by atoms with Gasteiger partial charge in [0.15, 0.2) is 0 Å². The lowest BCUT2D eigenvalue weighted by Crippen LogP contribution is -2.39. The highest BCUT2D eigenvalue weighted by Gasteiger charge is 2.24. The molecule has 0 radical (unpaired) electrons. The Kier molecular flexibility index (Phi) is 4.14. The summed E-state index contributed by atoms with van der Waals surface area (Å²) in [7, 11) is 3.88. The van der Waals surface area contributed by atoms with Crippen molar-refractivity contribution >= 4 is 17.5 Å². The van der Waals surface area contributed by atoms with Gasteiger partial charge in [-0.25, -0.2) is 4.98 Å². The number of rotatable bonds is 3. The summed E-state index contributed by atoms with van der Waals surface area (Å²) in [5.41, 5.74) is 0.297. The number of nitrogens with zero attached hydrogens (tertiary/aromatic N) is 4. The molecule has 1 aliphatic heterocycles. The Morgan fingerprint density at radius 1 is 1.61 bits per heavy atom. The molecule has 5 nitrogen and oxygen atoms in total. The molecule has 1 atom stereocenters. The van der Waals surface area contributed by atoms with E-state index in [0.717, 1.165) is 13.0 Å². The van der Waals surface area contributed by atoms with E-state index in [0.29, 0.717) is 18.3 Å². The maximum Gasteiger partial charge on any atom is 0.273 e. The van der Waals surface area contributed by atoms with Gasteiger partial charge in [0.2, 0.25) is 0 Å². The Hall–Kier alpha value is -1.20. The quantitative estimate of drug-likeness (QED) is 0.829. The molecule has 0 aliphatic carbocycles. The van der Waals surface area contributed by atoms with Crippen LogP contribution in [0.1, 0.15) is 23.3 Å². The smallest absolute Gasteiger partial charge is 0.273 e. The SMILES string of the molecule is CN(CC1CCCN1C)C(=O)c1cncc(Cl)n1. The van der Waals surface area contributed by atoms with Gasteiger partial charge in [0.05, 0.1) is 12.4 Å². The fourth-order valence-corrected chi connectivity index (χ4v) is 2.40. The average Bonchev–Trinajstić information content (AvgIpc) is 2.74. The number of hydrogen-bond donors (Lipinski definition) is 0. The fourth-order valence-electron chi connectivity index (χ4n) is 2.25. The zero-order valence-corrected chi connectivity index (χ0v) is 11.4. The zero-order valence-electron chi connectivity index (χ0n) is 10.6. The van der Waals surface area contributed by atoms with Crippen LogP contribution in [0.25, 0.3) is 0 Å². The third-order valence-corrected chi connectivity index (χ3v) is 3.51. The van der Waals surface area contributed by atoms with E-state index < -0.39 is 0 Å². The molecule has 6 heteroatoms. The average molecular weight is 269 g/mol. The normalized spacial score (nSPS) is 20.1. The van der Waals surface area contributed by atoms with Crippen LogP contribution in [0.5, 0.6) is 0 Å². The predicted molar refractivity (Wildman–Crippen MR) is 69.7 cm³/mol. The van der Waals surface area contributed by atoms with Crippen molar-refractivity contribution in [1.29, 1.82) is 0 Å². The van der Waals surface area contributed by atoms with E-state index in [2.05, 4.69) is 21.9 Å². The Labute approximate surface area is 112 Å². The summed E-state index contributed by atoms with van der Waals surface area (Å²) < 4.78 is 0. The second-order valence-electron chi connectivity index (χ2n) is 4.69. The summed E-state index contributed by atoms with van der Waals surface area (Å²) in [6, 6.07) is 0.436. The van der Waals surface area contributed by atoms with Crippen molar-refractivity contribution in [3.05, 3.63) is 23.2 Å². The van der Waals surface area contributed by atoms with Crippen molar-refractivity contribution in [3.63, 3.8) is 0 Å². The van der Waals surface area contributed by atoms with E-state index in [-0.39, 0.29) is 11.1 Å². The summed E-state index contributed by atoms with van der Waals surface area (Å²) in [6.07, 6.45) is 5.20. The van der Waals surface area contributed by atoms with Crippen LogP contribution < -0.4 is 0 Å². The summed E-state index contributed by atoms with van der Waals surface area (Å²) in [6.45, 7) is 1.81. The van der Waals surface area contributed by atoms with Crippen LogP contribution in [0.2, 0.25) is 5.15 Å². The summed E-state index contributed by atoms with van der Waals surface area (Å²) >= 11 is 5.73. The van der Waals surface area contributed by atoms with E-state index in [1.807, 2.05) is 0 Å². The molecule has 1 aromatic heterocycles. The van der Waals surface area contributed by atoms with Crippen molar-refractivity contribution in [2.75, 3.05) is 27.2 Å². The molecule has 0 bridgehead atoms. The zero-order chi connectivity index (χ0) is 13.1. The van der Waals surface area contributed by atoms with Crippen LogP contribution in [0.3, 0.4) is 0 Å². The molecule has 98 valence electrons. The lowest BCUT2D eigenvalue weighted by molar-refractivity contribution is 0.0755. The molecule has 0 aromatic carbocycles. The van der Waals surface area contributed by atoms with Crippen LogP contribution in [0, 0.1) is 0 Å². The molecule has 0 spiro atoms. The van der Waals surface area contributed by atoms with Crippen molar-refractivity contribution < 1.29 is 4.79 Å². The molecule has 0 saturated carbocycles. The maximum absolute atomic E-state index is 12.1. The Morgan fingerprint density at radius 2 is 2.39 bits per heavy atom. The number of halogens is 1. The largest absolute Gasteiger partial charge is 0.339 e. The Morgan fingerprint density at radius 3 is 3.00 bits per heavy atom. The topological polar surface area (TPSA) is 49.3 Å². The van der Waals surface area contributed by atoms with Gasteiger partial charge < -0.3 is 9.80 Å². The molecule has 18 heavy (non-hydrogen) atoms. The van der Waals surface area contributed by atoms with Crippen LogP contribution in [0.15, 0.2) is 12.4 Å². The first kappa shape index (κ1) is 13.2. The molecule has 1 aromatic rings. The van der Waals surface area contributed by atoms with E-state index in [4.69, 9.17) is 11.6 Å². The number of likely N-dealkylation sites (N-methyl/N-ethyl adjacent to an activating group) is 2. The number of likely N-dealkylation sites (tertiary alicyclic amines) is 1. The van der Waals surface area contributed by atoms with Crippen molar-refractivity contribution in [2.45, 2.75) is 18.9 Å². The third kappa shape index (κ3) is 2.97. The highest BCUT2D eigenvalue weighted by molar-refractivity contribution is 6.29. The van der Waals surface area contributed by atoms with Crippen LogP contribution in [-0.4, -0.2) is 58.9 Å². The summed E-state index contributed by atoms with van der Waals surface area (Å²) in [5.74, 6) is -0.134. The van der Waals surface area contributed by atoms with Gasteiger partial charge in [-0.05, 0) is 26.4 Å². The summed E-state index contributed by atoms with van der Waals surface area (Å²) in [5, 5.41) is 0.243. The second-order valence-corrected chi connectivity index (χ2v) is 5.08. The van der Waals surface area contributed by atoms with Crippen molar-refractivity contribution in [1.82, 2.24) is 19.8 Å². The van der Waals surface area contributed by atoms with Gasteiger partial charge in [-0.3, -0.25) is 9.78 Å². The number of aromatic nitrogens is 2. The van der Waals surface area contributed by atoms with Gasteiger partial charge >= 0.3 is 0 Å². The van der Waals surface area contributed by atoms with Crippen LogP contribution >= 0.6 is 11.6 Å². The number of carbonyl (C=O) groups is 1. The number of carbonyl (C=O) groups excluding carboxylic acids is 1. The molecule has 2 rings (SSSR count). The molecule has 0 N–H and O–H groups in total. The lowest BCUT2D eigenvalue weighted by atomic mass is 10.2. The molecule has 1 unspecified atom stereocenters. The number of hydrogen-bond acceptors (Lipinski definition) is 4. The fraction of sp³-hybridized carbons (Fsp3) is 0.583. The third-order valence-electron chi connectivity index (χ3n) is 3.33.